The van der Waals surface area contributed by atoms with Gasteiger partial charge in [-0.3, -0.25) is 9.97 Å². The summed E-state index contributed by atoms with van der Waals surface area (Å²) >= 11 is 0. The standard InChI is InChI=1S/C29H25N5O2/c1-18-3-2-4-26(34-18)28-27(32-17-33-28)21-9-10-25-22(13-21)14-23(15-31-25)19-5-7-20(8-6-19)29(35)36-24-11-12-30-16-24/h2-10,13-15,17,24,30H,11-12,16H2,1H3,(H,32,33)/t24-/m0/s1. The van der Waals surface area contributed by atoms with Crippen LogP contribution in [-0.4, -0.2) is 45.1 Å². The number of aromatic amines is 1. The maximum Gasteiger partial charge on any atom is 0.338 e. The second-order valence-electron chi connectivity index (χ2n) is 9.02. The molecule has 0 spiro atoms. The zero-order valence-electron chi connectivity index (χ0n) is 19.9. The minimum absolute atomic E-state index is 0.0483. The number of hydrogen-bond donors (Lipinski definition) is 2. The number of rotatable bonds is 5. The van der Waals surface area contributed by atoms with Gasteiger partial charge >= 0.3 is 5.97 Å². The highest BCUT2D eigenvalue weighted by molar-refractivity contribution is 5.91. The summed E-state index contributed by atoms with van der Waals surface area (Å²) in [6, 6.07) is 21.7. The first kappa shape index (κ1) is 22.1. The van der Waals surface area contributed by atoms with Gasteiger partial charge in [-0.25, -0.2) is 9.78 Å². The van der Waals surface area contributed by atoms with Gasteiger partial charge in [0, 0.05) is 34.9 Å². The highest BCUT2D eigenvalue weighted by Crippen LogP contribution is 2.31. The molecule has 1 fully saturated rings. The Hall–Kier alpha value is -4.36. The van der Waals surface area contributed by atoms with Crippen LogP contribution in [0.2, 0.25) is 0 Å². The summed E-state index contributed by atoms with van der Waals surface area (Å²) in [6.45, 7) is 3.58. The lowest BCUT2D eigenvalue weighted by molar-refractivity contribution is 0.0344. The average Bonchev–Trinajstić information content (AvgIpc) is 3.61. The van der Waals surface area contributed by atoms with Gasteiger partial charge in [0.25, 0.3) is 0 Å². The maximum atomic E-state index is 12.4. The molecule has 0 bridgehead atoms. The lowest BCUT2D eigenvalue weighted by Gasteiger charge is -2.11. The Bertz CT molecular complexity index is 1550. The number of carbonyl (C=O) groups is 1. The number of aryl methyl sites for hydroxylation is 1. The van der Waals surface area contributed by atoms with Gasteiger partial charge in [-0.05, 0) is 67.9 Å². The van der Waals surface area contributed by atoms with Crippen LogP contribution in [0.5, 0.6) is 0 Å². The van der Waals surface area contributed by atoms with Crippen LogP contribution in [0, 0.1) is 6.92 Å². The predicted octanol–water partition coefficient (Wildman–Crippen LogP) is 5.18. The monoisotopic (exact) mass is 475 g/mol. The van der Waals surface area contributed by atoms with Crippen molar-refractivity contribution in [1.82, 2.24) is 25.3 Å². The van der Waals surface area contributed by atoms with Crippen LogP contribution in [0.25, 0.3) is 44.7 Å². The number of nitrogens with zero attached hydrogens (tertiary/aromatic N) is 3. The molecule has 7 nitrogen and oxygen atoms in total. The van der Waals surface area contributed by atoms with Crippen LogP contribution in [0.15, 0.2) is 79.3 Å². The predicted molar refractivity (Wildman–Crippen MR) is 139 cm³/mol. The smallest absolute Gasteiger partial charge is 0.338 e. The second-order valence-corrected chi connectivity index (χ2v) is 9.02. The van der Waals surface area contributed by atoms with Gasteiger partial charge < -0.3 is 15.0 Å². The lowest BCUT2D eigenvalue weighted by atomic mass is 10.0. The molecule has 3 aromatic heterocycles. The SMILES string of the molecule is Cc1cccc(-c2[nH]cnc2-c2ccc3ncc(-c4ccc(C(=O)O[C@H]5CCNC5)cc4)cc3c2)n1. The molecule has 1 aliphatic rings. The summed E-state index contributed by atoms with van der Waals surface area (Å²) in [6.07, 6.45) is 4.36. The molecule has 0 amide bonds. The van der Waals surface area contributed by atoms with Gasteiger partial charge in [0.2, 0.25) is 0 Å². The third kappa shape index (κ3) is 4.36. The van der Waals surface area contributed by atoms with Crippen molar-refractivity contribution in [3.8, 4) is 33.8 Å². The normalized spacial score (nSPS) is 15.3. The third-order valence-corrected chi connectivity index (χ3v) is 6.48. The van der Waals surface area contributed by atoms with Crippen molar-refractivity contribution < 1.29 is 9.53 Å². The van der Waals surface area contributed by atoms with E-state index < -0.39 is 0 Å². The van der Waals surface area contributed by atoms with Crippen LogP contribution >= 0.6 is 0 Å². The summed E-state index contributed by atoms with van der Waals surface area (Å²) in [5.74, 6) is -0.283. The molecular formula is C29H25N5O2. The van der Waals surface area contributed by atoms with E-state index in [0.29, 0.717) is 5.56 Å². The van der Waals surface area contributed by atoms with E-state index in [-0.39, 0.29) is 12.1 Å². The number of hydrogen-bond acceptors (Lipinski definition) is 6. The van der Waals surface area contributed by atoms with Crippen molar-refractivity contribution in [3.05, 3.63) is 90.5 Å². The van der Waals surface area contributed by atoms with Crippen molar-refractivity contribution in [3.63, 3.8) is 0 Å². The van der Waals surface area contributed by atoms with Crippen molar-refractivity contribution in [2.24, 2.45) is 0 Å². The van der Waals surface area contributed by atoms with Crippen LogP contribution in [-0.2, 0) is 4.74 Å². The van der Waals surface area contributed by atoms with E-state index in [2.05, 4.69) is 37.4 Å². The molecule has 178 valence electrons. The number of carbonyl (C=O) groups excluding carboxylic acids is 1. The van der Waals surface area contributed by atoms with Crippen molar-refractivity contribution in [1.29, 1.82) is 0 Å². The highest BCUT2D eigenvalue weighted by Gasteiger charge is 2.20. The Balaban J connectivity index is 1.29. The Morgan fingerprint density at radius 1 is 0.972 bits per heavy atom. The molecule has 7 heteroatoms. The van der Waals surface area contributed by atoms with Crippen LogP contribution < -0.4 is 5.32 Å². The Kier molecular flexibility index (Phi) is 5.75. The first-order chi connectivity index (χ1) is 17.6. The molecule has 4 heterocycles. The summed E-state index contributed by atoms with van der Waals surface area (Å²) in [4.78, 5) is 29.6. The van der Waals surface area contributed by atoms with E-state index in [0.717, 1.165) is 69.9 Å². The fourth-order valence-electron chi connectivity index (χ4n) is 4.57. The second kappa shape index (κ2) is 9.36. The first-order valence-corrected chi connectivity index (χ1v) is 12.0. The maximum absolute atomic E-state index is 12.4. The van der Waals surface area contributed by atoms with Gasteiger partial charge in [-0.2, -0.15) is 0 Å². The van der Waals surface area contributed by atoms with E-state index in [1.807, 2.05) is 67.7 Å². The van der Waals surface area contributed by atoms with Gasteiger partial charge in [0.05, 0.1) is 34.5 Å². The zero-order chi connectivity index (χ0) is 24.5. The van der Waals surface area contributed by atoms with Crippen molar-refractivity contribution in [2.75, 3.05) is 13.1 Å². The minimum atomic E-state index is -0.283. The molecule has 1 aliphatic heterocycles. The molecule has 5 aromatic rings. The number of fused-ring (bicyclic) bond motifs is 1. The molecule has 0 aliphatic carbocycles. The van der Waals surface area contributed by atoms with Gasteiger partial charge in [-0.15, -0.1) is 0 Å². The van der Waals surface area contributed by atoms with E-state index in [9.17, 15) is 4.79 Å². The molecular weight excluding hydrogens is 450 g/mol. The Morgan fingerprint density at radius 3 is 2.61 bits per heavy atom. The number of benzene rings is 2. The zero-order valence-corrected chi connectivity index (χ0v) is 19.9. The summed E-state index contributed by atoms with van der Waals surface area (Å²) in [5.41, 5.74) is 7.95. The van der Waals surface area contributed by atoms with Crippen LogP contribution in [0.3, 0.4) is 0 Å². The molecule has 6 rings (SSSR count). The average molecular weight is 476 g/mol. The molecule has 0 radical (unpaired) electrons. The quantitative estimate of drug-likeness (QED) is 0.340. The fourth-order valence-corrected chi connectivity index (χ4v) is 4.57. The molecule has 0 saturated carbocycles. The number of pyridine rings is 2. The molecule has 2 aromatic carbocycles. The van der Waals surface area contributed by atoms with E-state index >= 15 is 0 Å². The van der Waals surface area contributed by atoms with Gasteiger partial charge in [0.1, 0.15) is 6.10 Å². The number of imidazole rings is 1. The number of ether oxygens (including phenoxy) is 1. The van der Waals surface area contributed by atoms with Crippen molar-refractivity contribution >= 4 is 16.9 Å². The number of aromatic nitrogens is 4. The van der Waals surface area contributed by atoms with Crippen LogP contribution in [0.4, 0.5) is 0 Å². The fraction of sp³-hybridized carbons (Fsp3) is 0.172. The summed E-state index contributed by atoms with van der Waals surface area (Å²) in [5, 5.41) is 4.22. The molecule has 2 N–H and O–H groups in total. The van der Waals surface area contributed by atoms with Gasteiger partial charge in [0.15, 0.2) is 0 Å². The van der Waals surface area contributed by atoms with E-state index in [4.69, 9.17) is 4.74 Å². The molecule has 0 unspecified atom stereocenters. The third-order valence-electron chi connectivity index (χ3n) is 6.48. The largest absolute Gasteiger partial charge is 0.457 e. The van der Waals surface area contributed by atoms with Gasteiger partial charge in [-0.1, -0.05) is 24.3 Å². The molecule has 1 saturated heterocycles. The Labute approximate surface area is 208 Å². The summed E-state index contributed by atoms with van der Waals surface area (Å²) < 4.78 is 5.57. The summed E-state index contributed by atoms with van der Waals surface area (Å²) in [7, 11) is 0. The highest BCUT2D eigenvalue weighted by atomic mass is 16.5. The topological polar surface area (TPSA) is 92.8 Å². The van der Waals surface area contributed by atoms with Crippen LogP contribution in [0.1, 0.15) is 22.5 Å². The number of esters is 1. The van der Waals surface area contributed by atoms with Crippen molar-refractivity contribution in [2.45, 2.75) is 19.4 Å². The van der Waals surface area contributed by atoms with E-state index in [1.54, 1.807) is 6.33 Å². The lowest BCUT2D eigenvalue weighted by Crippen LogP contribution is -2.20. The minimum Gasteiger partial charge on any atom is -0.457 e. The molecule has 1 atom stereocenters. The first-order valence-electron chi connectivity index (χ1n) is 12.0. The Morgan fingerprint density at radius 2 is 1.81 bits per heavy atom. The number of H-pyrrole nitrogens is 1. The van der Waals surface area contributed by atoms with E-state index in [1.165, 1.54) is 0 Å². The number of nitrogens with one attached hydrogen (secondary N) is 2. The molecule has 36 heavy (non-hydrogen) atoms.